The molecule has 2 fully saturated rings. The Morgan fingerprint density at radius 1 is 1.21 bits per heavy atom. The fourth-order valence-electron chi connectivity index (χ4n) is 4.11. The summed E-state index contributed by atoms with van der Waals surface area (Å²) in [5, 5.41) is 3.42. The number of aliphatic imine (C=N–C) groups is 1. The molecule has 2 unspecified atom stereocenters. The van der Waals surface area contributed by atoms with Crippen LogP contribution < -0.4 is 5.32 Å². The van der Waals surface area contributed by atoms with Crippen LogP contribution in [-0.2, 0) is 14.3 Å². The lowest BCUT2D eigenvalue weighted by molar-refractivity contribution is -0.149. The summed E-state index contributed by atoms with van der Waals surface area (Å²) in [6, 6.07) is 0.0294. The van der Waals surface area contributed by atoms with Crippen LogP contribution in [0.3, 0.4) is 0 Å². The highest BCUT2D eigenvalue weighted by Crippen LogP contribution is 2.19. The molecule has 2 rings (SSSR count). The molecule has 0 spiro atoms. The second kappa shape index (κ2) is 11.2. The Hall–Kier alpha value is -1.83. The van der Waals surface area contributed by atoms with E-state index in [0.29, 0.717) is 13.2 Å². The highest BCUT2D eigenvalue weighted by molar-refractivity contribution is 5.82. The summed E-state index contributed by atoms with van der Waals surface area (Å²) in [6.07, 6.45) is 4.83. The molecule has 0 aliphatic carbocycles. The third-order valence-corrected chi connectivity index (χ3v) is 5.55. The van der Waals surface area contributed by atoms with Gasteiger partial charge in [-0.25, -0.2) is 0 Å². The second-order valence-corrected chi connectivity index (χ2v) is 7.79. The van der Waals surface area contributed by atoms with Gasteiger partial charge in [-0.15, -0.1) is 0 Å². The van der Waals surface area contributed by atoms with E-state index in [1.165, 1.54) is 0 Å². The molecule has 2 saturated heterocycles. The van der Waals surface area contributed by atoms with Gasteiger partial charge in [-0.05, 0) is 45.6 Å². The number of ether oxygens (including phenoxy) is 1. The number of esters is 1. The van der Waals surface area contributed by atoms with Gasteiger partial charge in [-0.3, -0.25) is 19.5 Å². The molecule has 2 heterocycles. The largest absolute Gasteiger partial charge is 0.466 e. The van der Waals surface area contributed by atoms with Crippen molar-refractivity contribution >= 4 is 17.8 Å². The zero-order valence-electron chi connectivity index (χ0n) is 17.9. The highest BCUT2D eigenvalue weighted by Gasteiger charge is 2.31. The van der Waals surface area contributed by atoms with Crippen molar-refractivity contribution < 1.29 is 14.3 Å². The summed E-state index contributed by atoms with van der Waals surface area (Å²) in [5.41, 5.74) is 0. The first-order chi connectivity index (χ1) is 13.5. The smallest absolute Gasteiger partial charge is 0.310 e. The molecule has 1 amide bonds. The number of guanidine groups is 1. The number of likely N-dealkylation sites (N-methyl/N-ethyl adjacent to an activating group) is 1. The van der Waals surface area contributed by atoms with Gasteiger partial charge in [0, 0.05) is 47.3 Å². The minimum Gasteiger partial charge on any atom is -0.466 e. The zero-order valence-corrected chi connectivity index (χ0v) is 17.9. The molecule has 28 heavy (non-hydrogen) atoms. The number of piperidine rings is 1. The van der Waals surface area contributed by atoms with Crippen LogP contribution in [0.15, 0.2) is 4.99 Å². The number of carbonyl (C=O) groups excluding carboxylic acids is 2. The van der Waals surface area contributed by atoms with Crippen LogP contribution >= 0.6 is 0 Å². The molecular formula is C20H37N5O3. The summed E-state index contributed by atoms with van der Waals surface area (Å²) in [6.45, 7) is 6.52. The van der Waals surface area contributed by atoms with Crippen LogP contribution in [0.5, 0.6) is 0 Å². The van der Waals surface area contributed by atoms with E-state index in [1.54, 1.807) is 11.9 Å². The third-order valence-electron chi connectivity index (χ3n) is 5.55. The van der Waals surface area contributed by atoms with Crippen LogP contribution in [0, 0.1) is 5.92 Å². The van der Waals surface area contributed by atoms with E-state index < -0.39 is 0 Å². The maximum atomic E-state index is 12.3. The molecule has 0 saturated carbocycles. The Morgan fingerprint density at radius 3 is 2.64 bits per heavy atom. The topological polar surface area (TPSA) is 77.5 Å². The van der Waals surface area contributed by atoms with Gasteiger partial charge >= 0.3 is 5.97 Å². The lowest BCUT2D eigenvalue weighted by atomic mass is 9.98. The lowest BCUT2D eigenvalue weighted by Gasteiger charge is -2.34. The lowest BCUT2D eigenvalue weighted by Crippen LogP contribution is -2.49. The SMILES string of the molecule is CCOC(=O)C1CCCN(C(=NC)NCCCN2CCCC2C(=O)N(C)C)C1. The normalized spacial score (nSPS) is 23.6. The van der Waals surface area contributed by atoms with E-state index in [0.717, 1.165) is 64.2 Å². The predicted molar refractivity (Wildman–Crippen MR) is 110 cm³/mol. The van der Waals surface area contributed by atoms with Crippen molar-refractivity contribution in [3.8, 4) is 0 Å². The number of carbonyl (C=O) groups is 2. The van der Waals surface area contributed by atoms with E-state index in [-0.39, 0.29) is 23.8 Å². The monoisotopic (exact) mass is 395 g/mol. The predicted octanol–water partition coefficient (Wildman–Crippen LogP) is 0.780. The number of hydrogen-bond donors (Lipinski definition) is 1. The molecule has 2 atom stereocenters. The van der Waals surface area contributed by atoms with Crippen molar-refractivity contribution in [2.75, 3.05) is 60.5 Å². The van der Waals surface area contributed by atoms with E-state index >= 15 is 0 Å². The van der Waals surface area contributed by atoms with Gasteiger partial charge in [0.05, 0.1) is 18.6 Å². The van der Waals surface area contributed by atoms with Gasteiger partial charge in [-0.1, -0.05) is 0 Å². The zero-order chi connectivity index (χ0) is 20.5. The summed E-state index contributed by atoms with van der Waals surface area (Å²) in [7, 11) is 5.43. The molecule has 0 aromatic heterocycles. The highest BCUT2D eigenvalue weighted by atomic mass is 16.5. The summed E-state index contributed by atoms with van der Waals surface area (Å²) in [5.74, 6) is 0.874. The van der Waals surface area contributed by atoms with E-state index in [2.05, 4.69) is 20.1 Å². The Morgan fingerprint density at radius 2 is 1.96 bits per heavy atom. The first-order valence-electron chi connectivity index (χ1n) is 10.5. The molecule has 0 aromatic rings. The van der Waals surface area contributed by atoms with Crippen LogP contribution in [0.25, 0.3) is 0 Å². The molecule has 2 aliphatic heterocycles. The van der Waals surface area contributed by atoms with E-state index in [1.807, 2.05) is 21.0 Å². The Bertz CT molecular complexity index is 552. The number of hydrogen-bond acceptors (Lipinski definition) is 5. The van der Waals surface area contributed by atoms with Gasteiger partial charge in [0.15, 0.2) is 5.96 Å². The minimum atomic E-state index is -0.103. The van der Waals surface area contributed by atoms with Crippen LogP contribution in [0.4, 0.5) is 0 Å². The number of nitrogens with one attached hydrogen (secondary N) is 1. The molecule has 0 aromatic carbocycles. The van der Waals surface area contributed by atoms with Gasteiger partial charge in [0.1, 0.15) is 0 Å². The maximum Gasteiger partial charge on any atom is 0.310 e. The number of amides is 1. The van der Waals surface area contributed by atoms with Gasteiger partial charge in [0.25, 0.3) is 0 Å². The quantitative estimate of drug-likeness (QED) is 0.297. The molecular weight excluding hydrogens is 358 g/mol. The fourth-order valence-corrected chi connectivity index (χ4v) is 4.11. The molecule has 8 heteroatoms. The third kappa shape index (κ3) is 6.09. The average molecular weight is 396 g/mol. The van der Waals surface area contributed by atoms with Crippen molar-refractivity contribution in [2.45, 2.75) is 45.1 Å². The Labute approximate surface area is 169 Å². The van der Waals surface area contributed by atoms with Crippen LogP contribution in [0.1, 0.15) is 39.0 Å². The molecule has 2 aliphatic rings. The van der Waals surface area contributed by atoms with Crippen LogP contribution in [-0.4, -0.2) is 99.1 Å². The van der Waals surface area contributed by atoms with Crippen molar-refractivity contribution in [1.82, 2.24) is 20.0 Å². The summed E-state index contributed by atoms with van der Waals surface area (Å²) in [4.78, 5) is 34.9. The second-order valence-electron chi connectivity index (χ2n) is 7.79. The number of rotatable bonds is 7. The van der Waals surface area contributed by atoms with Crippen molar-refractivity contribution in [2.24, 2.45) is 10.9 Å². The first-order valence-corrected chi connectivity index (χ1v) is 10.5. The van der Waals surface area contributed by atoms with E-state index in [9.17, 15) is 9.59 Å². The van der Waals surface area contributed by atoms with Crippen molar-refractivity contribution in [3.63, 3.8) is 0 Å². The van der Waals surface area contributed by atoms with Gasteiger partial charge in [-0.2, -0.15) is 0 Å². The summed E-state index contributed by atoms with van der Waals surface area (Å²) < 4.78 is 5.18. The number of likely N-dealkylation sites (tertiary alicyclic amines) is 2. The molecule has 8 nitrogen and oxygen atoms in total. The Kier molecular flexibility index (Phi) is 9.02. The first kappa shape index (κ1) is 22.5. The number of nitrogens with zero attached hydrogens (tertiary/aromatic N) is 4. The Balaban J connectivity index is 1.76. The van der Waals surface area contributed by atoms with Crippen molar-refractivity contribution in [1.29, 1.82) is 0 Å². The van der Waals surface area contributed by atoms with Gasteiger partial charge < -0.3 is 19.9 Å². The average Bonchev–Trinajstić information content (AvgIpc) is 3.16. The fraction of sp³-hybridized carbons (Fsp3) is 0.850. The standard InChI is InChI=1S/C20H37N5O3/c1-5-28-19(27)16-9-6-13-25(15-16)20(21-2)22-11-8-14-24-12-7-10-17(24)18(26)23(3)4/h16-17H,5-15H2,1-4H3,(H,21,22). The molecule has 0 bridgehead atoms. The maximum absolute atomic E-state index is 12.3. The van der Waals surface area contributed by atoms with Crippen molar-refractivity contribution in [3.05, 3.63) is 0 Å². The molecule has 160 valence electrons. The minimum absolute atomic E-state index is 0.0294. The van der Waals surface area contributed by atoms with E-state index in [4.69, 9.17) is 4.74 Å². The molecule has 0 radical (unpaired) electrons. The summed E-state index contributed by atoms with van der Waals surface area (Å²) >= 11 is 0. The molecule has 1 N–H and O–H groups in total. The van der Waals surface area contributed by atoms with Gasteiger partial charge in [0.2, 0.25) is 5.91 Å². The van der Waals surface area contributed by atoms with Crippen LogP contribution in [0.2, 0.25) is 0 Å².